The van der Waals surface area contributed by atoms with Crippen molar-refractivity contribution in [1.82, 2.24) is 35.1 Å². The number of aromatic nitrogens is 7. The third-order valence-corrected chi connectivity index (χ3v) is 5.58. The van der Waals surface area contributed by atoms with Crippen LogP contribution in [0.1, 0.15) is 30.8 Å². The van der Waals surface area contributed by atoms with Gasteiger partial charge in [-0.15, -0.1) is 0 Å². The number of hydrogen-bond acceptors (Lipinski definition) is 6. The molecule has 0 fully saturated rings. The Balaban J connectivity index is 1.57. The predicted octanol–water partition coefficient (Wildman–Crippen LogP) is 5.55. The smallest absolute Gasteiger partial charge is 0.159 e. The highest BCUT2D eigenvalue weighted by Crippen LogP contribution is 2.31. The van der Waals surface area contributed by atoms with E-state index in [1.54, 1.807) is 24.7 Å². The van der Waals surface area contributed by atoms with Crippen LogP contribution in [0.2, 0.25) is 0 Å². The zero-order valence-corrected chi connectivity index (χ0v) is 19.9. The van der Waals surface area contributed by atoms with Gasteiger partial charge in [0, 0.05) is 53.0 Å². The van der Waals surface area contributed by atoms with Crippen LogP contribution in [0.25, 0.3) is 39.3 Å². The topological polar surface area (TPSA) is 108 Å². The van der Waals surface area contributed by atoms with Gasteiger partial charge in [0.15, 0.2) is 5.82 Å². The van der Waals surface area contributed by atoms with Gasteiger partial charge in [0.2, 0.25) is 0 Å². The Bertz CT molecular complexity index is 1530. The average molecular weight is 463 g/mol. The van der Waals surface area contributed by atoms with Crippen LogP contribution < -0.4 is 5.32 Å². The molecule has 5 aromatic heterocycles. The minimum absolute atomic E-state index is 0.312. The highest BCUT2D eigenvalue weighted by molar-refractivity contribution is 5.93. The van der Waals surface area contributed by atoms with Crippen LogP contribution in [0, 0.1) is 6.92 Å². The molecule has 0 saturated carbocycles. The molecule has 5 rings (SSSR count). The summed E-state index contributed by atoms with van der Waals surface area (Å²) < 4.78 is 0. The molecule has 8 nitrogen and oxygen atoms in total. The maximum Gasteiger partial charge on any atom is 0.159 e. The van der Waals surface area contributed by atoms with Crippen molar-refractivity contribution in [2.75, 3.05) is 5.32 Å². The summed E-state index contributed by atoms with van der Waals surface area (Å²) in [5, 5.41) is 11.9. The van der Waals surface area contributed by atoms with Crippen molar-refractivity contribution in [3.05, 3.63) is 90.9 Å². The first-order valence-electron chi connectivity index (χ1n) is 11.4. The Morgan fingerprint density at radius 2 is 1.91 bits per heavy atom. The van der Waals surface area contributed by atoms with E-state index in [0.717, 1.165) is 56.1 Å². The summed E-state index contributed by atoms with van der Waals surface area (Å²) in [6, 6.07) is 8.30. The summed E-state index contributed by atoms with van der Waals surface area (Å²) in [4.78, 5) is 21.5. The number of allylic oxidation sites excluding steroid dienone is 2. The number of H-pyrrole nitrogens is 2. The molecule has 0 radical (unpaired) electrons. The number of aryl methyl sites for hydroxylation is 1. The van der Waals surface area contributed by atoms with E-state index in [2.05, 4.69) is 61.9 Å². The zero-order chi connectivity index (χ0) is 24.4. The minimum Gasteiger partial charge on any atom is -0.382 e. The van der Waals surface area contributed by atoms with Crippen molar-refractivity contribution in [1.29, 1.82) is 0 Å². The van der Waals surface area contributed by atoms with Gasteiger partial charge in [-0.2, -0.15) is 5.10 Å². The van der Waals surface area contributed by atoms with E-state index in [1.165, 1.54) is 0 Å². The number of aromatic amines is 2. The summed E-state index contributed by atoms with van der Waals surface area (Å²) in [7, 11) is 0. The van der Waals surface area contributed by atoms with Gasteiger partial charge in [0.1, 0.15) is 5.69 Å². The number of imidazole rings is 1. The van der Waals surface area contributed by atoms with Crippen LogP contribution in [-0.2, 0) is 0 Å². The third kappa shape index (κ3) is 4.46. The monoisotopic (exact) mass is 462 g/mol. The molecule has 3 N–H and O–H groups in total. The molecule has 5 heterocycles. The largest absolute Gasteiger partial charge is 0.382 e. The van der Waals surface area contributed by atoms with Crippen LogP contribution in [0.5, 0.6) is 0 Å². The van der Waals surface area contributed by atoms with Gasteiger partial charge in [-0.25, -0.2) is 4.98 Å². The van der Waals surface area contributed by atoms with E-state index in [4.69, 9.17) is 4.98 Å². The lowest BCUT2D eigenvalue weighted by Gasteiger charge is -2.10. The van der Waals surface area contributed by atoms with Gasteiger partial charge in [-0.3, -0.25) is 20.1 Å². The summed E-state index contributed by atoms with van der Waals surface area (Å²) in [6.45, 7) is 10.1. The van der Waals surface area contributed by atoms with Crippen molar-refractivity contribution in [2.24, 2.45) is 0 Å². The van der Waals surface area contributed by atoms with E-state index < -0.39 is 0 Å². The molecule has 0 atom stereocenters. The Morgan fingerprint density at radius 3 is 2.69 bits per heavy atom. The van der Waals surface area contributed by atoms with Crippen LogP contribution in [0.15, 0.2) is 74.0 Å². The number of nitrogens with one attached hydrogen (secondary N) is 3. The molecule has 0 unspecified atom stereocenters. The molecular formula is C27H26N8. The Kier molecular flexibility index (Phi) is 5.93. The van der Waals surface area contributed by atoms with Gasteiger partial charge in [0.05, 0.1) is 28.8 Å². The minimum atomic E-state index is 0.312. The second-order valence-corrected chi connectivity index (χ2v) is 8.56. The number of rotatable bonds is 7. The fraction of sp³-hybridized carbons (Fsp3) is 0.148. The van der Waals surface area contributed by atoms with E-state index in [-0.39, 0.29) is 0 Å². The normalized spacial score (nSPS) is 11.8. The standard InChI is InChI=1S/C27H26N8/c1-5-6-21(18-7-9-28-10-8-18)25-17(4)32-27(33-25)26-22-12-23(30-15-24(22)34-35-26)19-11-20(14-29-13-19)31-16(2)3/h5-16,31H,1H2,2-4H3,(H,32,33)(H,34,35)/b21-6-. The van der Waals surface area contributed by atoms with Crippen LogP contribution >= 0.6 is 0 Å². The van der Waals surface area contributed by atoms with Crippen molar-refractivity contribution in [2.45, 2.75) is 26.8 Å². The van der Waals surface area contributed by atoms with Crippen molar-refractivity contribution >= 4 is 22.2 Å². The van der Waals surface area contributed by atoms with Gasteiger partial charge in [0.25, 0.3) is 0 Å². The molecule has 0 amide bonds. The number of anilines is 1. The first-order chi connectivity index (χ1) is 17.0. The first-order valence-corrected chi connectivity index (χ1v) is 11.4. The second-order valence-electron chi connectivity index (χ2n) is 8.56. The Labute approximate surface area is 203 Å². The number of fused-ring (bicyclic) bond motifs is 1. The lowest BCUT2D eigenvalue weighted by molar-refractivity contribution is 0.898. The van der Waals surface area contributed by atoms with Gasteiger partial charge >= 0.3 is 0 Å². The molecule has 0 aliphatic carbocycles. The van der Waals surface area contributed by atoms with Gasteiger partial charge in [-0.1, -0.05) is 18.7 Å². The van der Waals surface area contributed by atoms with Crippen LogP contribution in [0.4, 0.5) is 5.69 Å². The van der Waals surface area contributed by atoms with E-state index >= 15 is 0 Å². The molecule has 0 aliphatic heterocycles. The average Bonchev–Trinajstić information content (AvgIpc) is 3.45. The molecule has 0 saturated heterocycles. The SMILES string of the molecule is C=C/C=C(/c1ccncc1)c1nc(-c2n[nH]c3cnc(-c4cncc(NC(C)C)c4)cc23)[nH]c1C. The van der Waals surface area contributed by atoms with Crippen LogP contribution in [-0.4, -0.2) is 41.2 Å². The molecule has 0 aromatic carbocycles. The lowest BCUT2D eigenvalue weighted by Crippen LogP contribution is -2.09. The molecule has 5 aromatic rings. The molecule has 35 heavy (non-hydrogen) atoms. The fourth-order valence-electron chi connectivity index (χ4n) is 4.04. The number of nitrogens with zero attached hydrogens (tertiary/aromatic N) is 5. The molecule has 0 bridgehead atoms. The van der Waals surface area contributed by atoms with Crippen molar-refractivity contribution in [3.63, 3.8) is 0 Å². The summed E-state index contributed by atoms with van der Waals surface area (Å²) in [5.41, 5.74) is 8.01. The molecule has 0 aliphatic rings. The van der Waals surface area contributed by atoms with Crippen LogP contribution in [0.3, 0.4) is 0 Å². The lowest BCUT2D eigenvalue weighted by atomic mass is 10.0. The summed E-state index contributed by atoms with van der Waals surface area (Å²) in [5.74, 6) is 0.679. The first kappa shape index (κ1) is 22.2. The third-order valence-electron chi connectivity index (χ3n) is 5.58. The fourth-order valence-corrected chi connectivity index (χ4v) is 4.04. The van der Waals surface area contributed by atoms with E-state index in [0.29, 0.717) is 11.9 Å². The highest BCUT2D eigenvalue weighted by Gasteiger charge is 2.18. The maximum atomic E-state index is 4.93. The van der Waals surface area contributed by atoms with E-state index in [9.17, 15) is 0 Å². The van der Waals surface area contributed by atoms with E-state index in [1.807, 2.05) is 43.6 Å². The molecule has 174 valence electrons. The second kappa shape index (κ2) is 9.34. The highest BCUT2D eigenvalue weighted by atomic mass is 15.1. The number of pyridine rings is 3. The van der Waals surface area contributed by atoms with Gasteiger partial charge in [-0.05, 0) is 50.6 Å². The maximum absolute atomic E-state index is 4.93. The predicted molar refractivity (Wildman–Crippen MR) is 140 cm³/mol. The molecular weight excluding hydrogens is 436 g/mol. The molecule has 0 spiro atoms. The summed E-state index contributed by atoms with van der Waals surface area (Å²) in [6.07, 6.45) is 12.7. The quantitative estimate of drug-likeness (QED) is 0.274. The van der Waals surface area contributed by atoms with Crippen molar-refractivity contribution in [3.8, 4) is 22.8 Å². The van der Waals surface area contributed by atoms with Gasteiger partial charge < -0.3 is 10.3 Å². The summed E-state index contributed by atoms with van der Waals surface area (Å²) >= 11 is 0. The number of hydrogen-bond donors (Lipinski definition) is 3. The molecule has 8 heteroatoms. The zero-order valence-electron chi connectivity index (χ0n) is 19.9. The Morgan fingerprint density at radius 1 is 1.09 bits per heavy atom. The van der Waals surface area contributed by atoms with Crippen molar-refractivity contribution < 1.29 is 0 Å². The Hall–Kier alpha value is -4.59.